The van der Waals surface area contributed by atoms with Crippen molar-refractivity contribution in [3.05, 3.63) is 33.9 Å². The van der Waals surface area contributed by atoms with Crippen molar-refractivity contribution in [1.29, 1.82) is 0 Å². The monoisotopic (exact) mass is 293 g/mol. The average molecular weight is 293 g/mol. The molecular formula is C14H19N3O4. The molecule has 0 bridgehead atoms. The molecule has 1 aromatic rings. The van der Waals surface area contributed by atoms with Gasteiger partial charge in [0.05, 0.1) is 17.6 Å². The lowest BCUT2D eigenvalue weighted by molar-refractivity contribution is -0.384. The van der Waals surface area contributed by atoms with E-state index in [1.165, 1.54) is 25.3 Å². The van der Waals surface area contributed by atoms with E-state index in [1.807, 2.05) is 7.05 Å². The summed E-state index contributed by atoms with van der Waals surface area (Å²) in [4.78, 5) is 24.6. The van der Waals surface area contributed by atoms with E-state index >= 15 is 0 Å². The van der Waals surface area contributed by atoms with E-state index in [0.29, 0.717) is 24.8 Å². The summed E-state index contributed by atoms with van der Waals surface area (Å²) < 4.78 is 5.15. The highest BCUT2D eigenvalue weighted by molar-refractivity contribution is 5.97. The van der Waals surface area contributed by atoms with Crippen molar-refractivity contribution in [2.75, 3.05) is 33.8 Å². The minimum absolute atomic E-state index is 0.106. The number of nitrogens with one attached hydrogen (secondary N) is 1. The van der Waals surface area contributed by atoms with Gasteiger partial charge in [-0.15, -0.1) is 0 Å². The molecule has 1 aromatic carbocycles. The number of carbonyl (C=O) groups excluding carboxylic acids is 1. The van der Waals surface area contributed by atoms with Crippen LogP contribution in [0.3, 0.4) is 0 Å². The number of carbonyl (C=O) groups is 1. The van der Waals surface area contributed by atoms with Crippen LogP contribution >= 0.6 is 0 Å². The number of likely N-dealkylation sites (tertiary alicyclic amines) is 1. The lowest BCUT2D eigenvalue weighted by atomic mass is 10.1. The number of ether oxygens (including phenoxy) is 1. The van der Waals surface area contributed by atoms with Gasteiger partial charge in [-0.3, -0.25) is 14.9 Å². The third-order valence-electron chi connectivity index (χ3n) is 3.69. The largest absolute Gasteiger partial charge is 0.496 e. The zero-order chi connectivity index (χ0) is 15.4. The first-order chi connectivity index (χ1) is 10.1. The van der Waals surface area contributed by atoms with Crippen LogP contribution in [0.1, 0.15) is 16.8 Å². The maximum atomic E-state index is 12.6. The Morgan fingerprint density at radius 1 is 1.57 bits per heavy atom. The average Bonchev–Trinajstić information content (AvgIpc) is 2.94. The molecule has 21 heavy (non-hydrogen) atoms. The maximum absolute atomic E-state index is 12.6. The maximum Gasteiger partial charge on any atom is 0.270 e. The predicted octanol–water partition coefficient (Wildman–Crippen LogP) is 1.28. The van der Waals surface area contributed by atoms with Crippen molar-refractivity contribution in [2.45, 2.75) is 6.42 Å². The number of hydrogen-bond donors (Lipinski definition) is 1. The second-order valence-electron chi connectivity index (χ2n) is 5.11. The fourth-order valence-electron chi connectivity index (χ4n) is 2.62. The third-order valence-corrected chi connectivity index (χ3v) is 3.69. The van der Waals surface area contributed by atoms with Gasteiger partial charge in [-0.2, -0.15) is 0 Å². The van der Waals surface area contributed by atoms with Gasteiger partial charge >= 0.3 is 0 Å². The number of methoxy groups -OCH3 is 1. The molecule has 1 unspecified atom stereocenters. The summed E-state index contributed by atoms with van der Waals surface area (Å²) in [5.41, 5.74) is 0.141. The Kier molecular flexibility index (Phi) is 4.74. The summed E-state index contributed by atoms with van der Waals surface area (Å²) in [6.45, 7) is 2.18. The summed E-state index contributed by atoms with van der Waals surface area (Å²) in [6, 6.07) is 4.09. The zero-order valence-electron chi connectivity index (χ0n) is 12.2. The highest BCUT2D eigenvalue weighted by atomic mass is 16.6. The Balaban J connectivity index is 2.22. The fraction of sp³-hybridized carbons (Fsp3) is 0.500. The van der Waals surface area contributed by atoms with Crippen molar-refractivity contribution in [2.24, 2.45) is 5.92 Å². The summed E-state index contributed by atoms with van der Waals surface area (Å²) in [5, 5.41) is 14.0. The van der Waals surface area contributed by atoms with Crippen molar-refractivity contribution < 1.29 is 14.5 Å². The van der Waals surface area contributed by atoms with Crippen molar-refractivity contribution >= 4 is 11.6 Å². The summed E-state index contributed by atoms with van der Waals surface area (Å²) in [5.74, 6) is 0.570. The van der Waals surface area contributed by atoms with Gasteiger partial charge in [-0.05, 0) is 32.0 Å². The molecular weight excluding hydrogens is 274 g/mol. The van der Waals surface area contributed by atoms with E-state index in [1.54, 1.807) is 4.90 Å². The predicted molar refractivity (Wildman–Crippen MR) is 77.6 cm³/mol. The molecule has 1 amide bonds. The number of nitrogens with zero attached hydrogens (tertiary/aromatic N) is 2. The number of hydrogen-bond acceptors (Lipinski definition) is 5. The molecule has 2 rings (SSSR count). The molecule has 1 saturated heterocycles. The Morgan fingerprint density at radius 2 is 2.33 bits per heavy atom. The van der Waals surface area contributed by atoms with Gasteiger partial charge in [-0.1, -0.05) is 0 Å². The zero-order valence-corrected chi connectivity index (χ0v) is 12.2. The summed E-state index contributed by atoms with van der Waals surface area (Å²) >= 11 is 0. The first-order valence-corrected chi connectivity index (χ1v) is 6.83. The molecule has 7 nitrogen and oxygen atoms in total. The molecule has 7 heteroatoms. The van der Waals surface area contributed by atoms with Crippen LogP contribution in [-0.4, -0.2) is 49.5 Å². The van der Waals surface area contributed by atoms with E-state index in [-0.39, 0.29) is 17.2 Å². The first kappa shape index (κ1) is 15.2. The van der Waals surface area contributed by atoms with Gasteiger partial charge in [0, 0.05) is 25.2 Å². The molecule has 0 radical (unpaired) electrons. The van der Waals surface area contributed by atoms with Crippen LogP contribution < -0.4 is 10.1 Å². The molecule has 114 valence electrons. The highest BCUT2D eigenvalue weighted by Crippen LogP contribution is 2.27. The minimum atomic E-state index is -0.510. The van der Waals surface area contributed by atoms with Gasteiger partial charge in [-0.25, -0.2) is 0 Å². The topological polar surface area (TPSA) is 84.7 Å². The number of benzene rings is 1. The highest BCUT2D eigenvalue weighted by Gasteiger charge is 2.29. The summed E-state index contributed by atoms with van der Waals surface area (Å²) in [7, 11) is 3.33. The van der Waals surface area contributed by atoms with Crippen molar-refractivity contribution in [1.82, 2.24) is 10.2 Å². The number of nitro groups is 1. The van der Waals surface area contributed by atoms with E-state index in [9.17, 15) is 14.9 Å². The molecule has 1 atom stereocenters. The van der Waals surface area contributed by atoms with Crippen molar-refractivity contribution in [3.63, 3.8) is 0 Å². The Bertz CT molecular complexity index is 547. The normalized spacial score (nSPS) is 17.8. The molecule has 0 aromatic heterocycles. The van der Waals surface area contributed by atoms with E-state index in [4.69, 9.17) is 4.74 Å². The van der Waals surface area contributed by atoms with Crippen molar-refractivity contribution in [3.8, 4) is 5.75 Å². The Morgan fingerprint density at radius 3 is 2.95 bits per heavy atom. The van der Waals surface area contributed by atoms with E-state index in [2.05, 4.69) is 5.32 Å². The number of rotatable bonds is 5. The minimum Gasteiger partial charge on any atom is -0.496 e. The van der Waals surface area contributed by atoms with Crippen LogP contribution in [0.2, 0.25) is 0 Å². The third kappa shape index (κ3) is 3.30. The standard InChI is InChI=1S/C14H19N3O4/c1-15-8-10-5-6-16(9-10)14(18)12-7-11(17(19)20)3-4-13(12)21-2/h3-4,7,10,15H,5-6,8-9H2,1-2H3. The lowest BCUT2D eigenvalue weighted by Gasteiger charge is -2.18. The molecule has 1 heterocycles. The van der Waals surface area contributed by atoms with Gasteiger partial charge in [0.1, 0.15) is 5.75 Å². The molecule has 0 aliphatic carbocycles. The van der Waals surface area contributed by atoms with Gasteiger partial charge in [0.15, 0.2) is 0 Å². The number of nitro benzene ring substituents is 1. The van der Waals surface area contributed by atoms with Gasteiger partial charge in [0.25, 0.3) is 11.6 Å². The number of non-ortho nitro benzene ring substituents is 1. The smallest absolute Gasteiger partial charge is 0.270 e. The van der Waals surface area contributed by atoms with E-state index in [0.717, 1.165) is 13.0 Å². The van der Waals surface area contributed by atoms with Crippen LogP contribution in [-0.2, 0) is 0 Å². The quantitative estimate of drug-likeness (QED) is 0.653. The van der Waals surface area contributed by atoms with Crippen LogP contribution in [0.5, 0.6) is 5.75 Å². The fourth-order valence-corrected chi connectivity index (χ4v) is 2.62. The molecule has 0 saturated carbocycles. The molecule has 1 fully saturated rings. The van der Waals surface area contributed by atoms with Crippen LogP contribution in [0.25, 0.3) is 0 Å². The summed E-state index contributed by atoms with van der Waals surface area (Å²) in [6.07, 6.45) is 0.934. The second kappa shape index (κ2) is 6.53. The Hall–Kier alpha value is -2.15. The molecule has 0 spiro atoms. The number of amides is 1. The Labute approximate surface area is 123 Å². The molecule has 1 N–H and O–H groups in total. The van der Waals surface area contributed by atoms with E-state index < -0.39 is 4.92 Å². The van der Waals surface area contributed by atoms with Crippen LogP contribution in [0.4, 0.5) is 5.69 Å². The lowest BCUT2D eigenvalue weighted by Crippen LogP contribution is -2.30. The van der Waals surface area contributed by atoms with Crippen LogP contribution in [0.15, 0.2) is 18.2 Å². The van der Waals surface area contributed by atoms with Gasteiger partial charge < -0.3 is 15.0 Å². The molecule has 1 aliphatic heterocycles. The second-order valence-corrected chi connectivity index (χ2v) is 5.11. The van der Waals surface area contributed by atoms with Gasteiger partial charge in [0.2, 0.25) is 0 Å². The SMILES string of the molecule is CNCC1CCN(C(=O)c2cc([N+](=O)[O-])ccc2OC)C1. The first-order valence-electron chi connectivity index (χ1n) is 6.83. The molecule has 1 aliphatic rings. The van der Waals surface area contributed by atoms with Crippen LogP contribution in [0, 0.1) is 16.0 Å².